The Bertz CT molecular complexity index is 918. The lowest BCUT2D eigenvalue weighted by molar-refractivity contribution is 0.0910. The minimum absolute atomic E-state index is 0.0852. The van der Waals surface area contributed by atoms with Crippen LogP contribution in [-0.2, 0) is 17.1 Å². The smallest absolute Gasteiger partial charge is 0.306 e. The van der Waals surface area contributed by atoms with Crippen LogP contribution in [0.3, 0.4) is 0 Å². The third-order valence-electron chi connectivity index (χ3n) is 4.08. The number of ketones is 1. The van der Waals surface area contributed by atoms with E-state index in [9.17, 15) is 9.59 Å². The molecule has 1 aliphatic carbocycles. The highest BCUT2D eigenvalue weighted by molar-refractivity contribution is 7.89. The van der Waals surface area contributed by atoms with Gasteiger partial charge in [0.2, 0.25) is 0 Å². The number of halogens is 2. The van der Waals surface area contributed by atoms with E-state index in [-0.39, 0.29) is 11.2 Å². The summed E-state index contributed by atoms with van der Waals surface area (Å²) < 4.78 is 5.62. The zero-order chi connectivity index (χ0) is 19.1. The first-order valence-electron chi connectivity index (χ1n) is 7.95. The third kappa shape index (κ3) is 4.19. The Morgan fingerprint density at radius 2 is 1.88 bits per heavy atom. The molecule has 3 rings (SSSR count). The maximum absolute atomic E-state index is 12.6. The Morgan fingerprint density at radius 3 is 2.54 bits per heavy atom. The van der Waals surface area contributed by atoms with Gasteiger partial charge in [-0.1, -0.05) is 47.7 Å². The molecule has 1 N–H and O–H groups in total. The van der Waals surface area contributed by atoms with E-state index in [1.54, 1.807) is 24.3 Å². The monoisotopic (exact) mass is 428 g/mol. The van der Waals surface area contributed by atoms with E-state index in [0.29, 0.717) is 27.0 Å². The summed E-state index contributed by atoms with van der Waals surface area (Å²) in [6.07, 6.45) is 3.07. The molecule has 1 atom stereocenters. The van der Waals surface area contributed by atoms with Crippen LogP contribution in [-0.4, -0.2) is 18.1 Å². The first-order valence-corrected chi connectivity index (χ1v) is 11.1. The summed E-state index contributed by atoms with van der Waals surface area (Å²) in [6.45, 7) is 4.13. The molecule has 2 amide bonds. The Hall–Kier alpha value is -1.21. The number of nitrogens with one attached hydrogen (secondary N) is 1. The van der Waals surface area contributed by atoms with Crippen molar-refractivity contribution in [1.82, 2.24) is 0 Å². The number of Topliss-reactive ketones (excluding diaryl/α,β-unsaturated/α-hetero) is 1. The third-order valence-corrected chi connectivity index (χ3v) is 7.76. The molecule has 0 saturated carbocycles. The minimum Gasteiger partial charge on any atom is -0.306 e. The van der Waals surface area contributed by atoms with Gasteiger partial charge in [0.05, 0.1) is 8.55 Å². The normalized spacial score (nSPS) is 17.0. The second kappa shape index (κ2) is 7.43. The fourth-order valence-corrected chi connectivity index (χ4v) is 6.18. The predicted octanol–water partition coefficient (Wildman–Crippen LogP) is 6.23. The van der Waals surface area contributed by atoms with Crippen molar-refractivity contribution in [1.29, 1.82) is 0 Å². The van der Waals surface area contributed by atoms with Crippen LogP contribution in [0.4, 0.5) is 10.5 Å². The van der Waals surface area contributed by atoms with E-state index < -0.39 is 16.7 Å². The molecule has 1 unspecified atom stereocenters. The Labute approximate surface area is 169 Å². The highest BCUT2D eigenvalue weighted by Gasteiger charge is 2.36. The molecule has 0 fully saturated rings. The van der Waals surface area contributed by atoms with Gasteiger partial charge in [-0.05, 0) is 47.9 Å². The maximum atomic E-state index is 12.6. The molecule has 1 aliphatic rings. The molecule has 1 aromatic heterocycles. The predicted molar refractivity (Wildman–Crippen MR) is 110 cm³/mol. The number of carbonyl (C=O) groups excluding carboxylic acids is 2. The van der Waals surface area contributed by atoms with Crippen LogP contribution in [0.2, 0.25) is 9.36 Å². The standard InChI is InChI=1S/C18H18Cl2N2O2S2/c1-18(2)8-12-14(13(23)9-18)16(25-15(12)20)26(3)22-17(24)21-11-6-4-10(19)5-7-11/h4-7H,8-9H2,1-3H3,(H,21,24). The lowest BCUT2D eigenvalue weighted by atomic mass is 9.75. The molecule has 0 radical (unpaired) electrons. The highest BCUT2D eigenvalue weighted by Crippen LogP contribution is 2.44. The summed E-state index contributed by atoms with van der Waals surface area (Å²) in [5.74, 6) is 0.0852. The zero-order valence-corrected chi connectivity index (χ0v) is 17.7. The molecule has 1 aromatic carbocycles. The molecule has 1 heterocycles. The number of fused-ring (bicyclic) bond motifs is 1. The van der Waals surface area contributed by atoms with Crippen molar-refractivity contribution < 1.29 is 9.59 Å². The van der Waals surface area contributed by atoms with Crippen LogP contribution in [0.1, 0.15) is 36.2 Å². The van der Waals surface area contributed by atoms with Crippen LogP contribution in [0.25, 0.3) is 0 Å². The van der Waals surface area contributed by atoms with Crippen LogP contribution < -0.4 is 5.32 Å². The summed E-state index contributed by atoms with van der Waals surface area (Å²) >= 11 is 13.6. The van der Waals surface area contributed by atoms with E-state index in [0.717, 1.165) is 16.2 Å². The Kier molecular flexibility index (Phi) is 5.58. The second-order valence-electron chi connectivity index (χ2n) is 6.96. The molecule has 8 heteroatoms. The molecule has 2 aromatic rings. The number of anilines is 1. The fraction of sp³-hybridized carbons (Fsp3) is 0.333. The van der Waals surface area contributed by atoms with Gasteiger partial charge in [0.1, 0.15) is 0 Å². The molecule has 0 bridgehead atoms. The number of hydrogen-bond donors (Lipinski definition) is 1. The first kappa shape index (κ1) is 19.5. The molecule has 138 valence electrons. The zero-order valence-electron chi connectivity index (χ0n) is 14.6. The highest BCUT2D eigenvalue weighted by atomic mass is 35.5. The SMILES string of the molecule is C/S(=N\C(=O)Nc1ccc(Cl)cc1)c1sc(Cl)c2c1C(=O)CC(C)(C)C2. The summed E-state index contributed by atoms with van der Waals surface area (Å²) in [6, 6.07) is 6.34. The van der Waals surface area contributed by atoms with Gasteiger partial charge in [0, 0.05) is 22.7 Å². The quantitative estimate of drug-likeness (QED) is 0.615. The topological polar surface area (TPSA) is 58.5 Å². The average Bonchev–Trinajstić information content (AvgIpc) is 2.85. The van der Waals surface area contributed by atoms with E-state index in [2.05, 4.69) is 23.5 Å². The van der Waals surface area contributed by atoms with Crippen molar-refractivity contribution >= 4 is 62.7 Å². The maximum Gasteiger partial charge on any atom is 0.351 e. The van der Waals surface area contributed by atoms with Crippen LogP contribution >= 0.6 is 34.5 Å². The minimum atomic E-state index is -0.755. The molecular formula is C18H18Cl2N2O2S2. The number of thiophene rings is 1. The second-order valence-corrected chi connectivity index (χ2v) is 10.8. The molecule has 0 spiro atoms. The van der Waals surface area contributed by atoms with Crippen molar-refractivity contribution in [3.8, 4) is 0 Å². The number of carbonyl (C=O) groups is 2. The van der Waals surface area contributed by atoms with Gasteiger partial charge < -0.3 is 5.32 Å². The summed E-state index contributed by atoms with van der Waals surface area (Å²) in [5, 5.41) is 3.30. The molecular weight excluding hydrogens is 411 g/mol. The van der Waals surface area contributed by atoms with Gasteiger partial charge in [0.25, 0.3) is 0 Å². The lowest BCUT2D eigenvalue weighted by Gasteiger charge is -2.29. The number of rotatable bonds is 2. The molecule has 0 saturated heterocycles. The fourth-order valence-electron chi connectivity index (χ4n) is 2.97. The largest absolute Gasteiger partial charge is 0.351 e. The summed E-state index contributed by atoms with van der Waals surface area (Å²) in [7, 11) is -0.755. The van der Waals surface area contributed by atoms with E-state index in [1.165, 1.54) is 11.3 Å². The number of urea groups is 1. The number of amides is 2. The molecule has 26 heavy (non-hydrogen) atoms. The first-order chi connectivity index (χ1) is 12.2. The van der Waals surface area contributed by atoms with E-state index in [4.69, 9.17) is 23.2 Å². The van der Waals surface area contributed by atoms with Gasteiger partial charge in [-0.25, -0.2) is 4.79 Å². The molecule has 4 nitrogen and oxygen atoms in total. The van der Waals surface area contributed by atoms with Crippen molar-refractivity contribution in [2.75, 3.05) is 11.6 Å². The van der Waals surface area contributed by atoms with Crippen LogP contribution in [0.5, 0.6) is 0 Å². The van der Waals surface area contributed by atoms with Crippen LogP contribution in [0.15, 0.2) is 32.8 Å². The van der Waals surface area contributed by atoms with Crippen LogP contribution in [0, 0.1) is 5.41 Å². The van der Waals surface area contributed by atoms with Crippen molar-refractivity contribution in [3.63, 3.8) is 0 Å². The van der Waals surface area contributed by atoms with Gasteiger partial charge in [-0.15, -0.1) is 11.3 Å². The summed E-state index contributed by atoms with van der Waals surface area (Å²) in [4.78, 5) is 24.9. The van der Waals surface area contributed by atoms with Gasteiger partial charge >= 0.3 is 6.03 Å². The lowest BCUT2D eigenvalue weighted by Crippen LogP contribution is -2.26. The number of benzene rings is 1. The average molecular weight is 429 g/mol. The number of nitrogens with zero attached hydrogens (tertiary/aromatic N) is 1. The van der Waals surface area contributed by atoms with Crippen molar-refractivity contribution in [2.24, 2.45) is 9.78 Å². The number of hydrogen-bond acceptors (Lipinski definition) is 3. The van der Waals surface area contributed by atoms with Gasteiger partial charge in [0.15, 0.2) is 5.78 Å². The van der Waals surface area contributed by atoms with Gasteiger partial charge in [-0.3, -0.25) is 4.79 Å². The van der Waals surface area contributed by atoms with Gasteiger partial charge in [-0.2, -0.15) is 4.36 Å². The van der Waals surface area contributed by atoms with E-state index in [1.807, 2.05) is 6.26 Å². The van der Waals surface area contributed by atoms with E-state index >= 15 is 0 Å². The Balaban J connectivity index is 1.87. The Morgan fingerprint density at radius 1 is 1.23 bits per heavy atom. The van der Waals surface area contributed by atoms with Crippen molar-refractivity contribution in [2.45, 2.75) is 30.9 Å². The molecule has 0 aliphatic heterocycles. The van der Waals surface area contributed by atoms with Crippen molar-refractivity contribution in [3.05, 3.63) is 44.8 Å². The summed E-state index contributed by atoms with van der Waals surface area (Å²) in [5.41, 5.74) is 2.10.